The van der Waals surface area contributed by atoms with Crippen LogP contribution in [-0.2, 0) is 17.6 Å². The molecule has 1 aliphatic rings. The molecule has 0 aromatic carbocycles. The number of aromatic nitrogens is 1. The summed E-state index contributed by atoms with van der Waals surface area (Å²) in [6.07, 6.45) is 4.84. The quantitative estimate of drug-likeness (QED) is 0.324. The highest BCUT2D eigenvalue weighted by Gasteiger charge is 2.29. The lowest BCUT2D eigenvalue weighted by atomic mass is 9.95. The third-order valence-corrected chi connectivity index (χ3v) is 8.27. The van der Waals surface area contributed by atoms with Gasteiger partial charge in [0.1, 0.15) is 26.6 Å². The van der Waals surface area contributed by atoms with Crippen LogP contribution in [0.4, 0.5) is 16.5 Å². The normalized spacial score (nSPS) is 13.4. The zero-order chi connectivity index (χ0) is 24.6. The van der Waals surface area contributed by atoms with Crippen molar-refractivity contribution in [1.29, 1.82) is 5.26 Å². The van der Waals surface area contributed by atoms with Crippen LogP contribution in [-0.4, -0.2) is 23.5 Å². The predicted octanol–water partition coefficient (Wildman–Crippen LogP) is 5.22. The van der Waals surface area contributed by atoms with Gasteiger partial charge in [-0.2, -0.15) is 5.26 Å². The molecule has 0 spiro atoms. The van der Waals surface area contributed by atoms with Gasteiger partial charge in [0.05, 0.1) is 23.4 Å². The number of anilines is 3. The lowest BCUT2D eigenvalue weighted by Crippen LogP contribution is -2.15. The first kappa shape index (κ1) is 24.0. The number of aryl methyl sites for hydroxylation is 1. The number of nitrogens with zero attached hydrogens (tertiary/aromatic N) is 2. The van der Waals surface area contributed by atoms with E-state index in [-0.39, 0.29) is 34.5 Å². The number of amides is 1. The summed E-state index contributed by atoms with van der Waals surface area (Å²) in [5, 5.41) is 13.6. The highest BCUT2D eigenvalue weighted by molar-refractivity contribution is 7.21. The van der Waals surface area contributed by atoms with Gasteiger partial charge in [0, 0.05) is 10.3 Å². The molecule has 3 aromatic heterocycles. The second-order valence-corrected chi connectivity index (χ2v) is 10.6. The third-order valence-electron chi connectivity index (χ3n) is 5.97. The van der Waals surface area contributed by atoms with Crippen molar-refractivity contribution in [2.45, 2.75) is 58.8 Å². The molecule has 4 rings (SSSR count). The highest BCUT2D eigenvalue weighted by Crippen LogP contribution is 2.42. The van der Waals surface area contributed by atoms with Gasteiger partial charge >= 0.3 is 5.97 Å². The number of nitrogens with one attached hydrogen (secondary N) is 1. The molecule has 0 aliphatic heterocycles. The van der Waals surface area contributed by atoms with Crippen LogP contribution < -0.4 is 16.8 Å². The van der Waals surface area contributed by atoms with Crippen LogP contribution in [0.3, 0.4) is 0 Å². The Morgan fingerprint density at radius 1 is 1.21 bits per heavy atom. The second kappa shape index (κ2) is 9.60. The van der Waals surface area contributed by atoms with Crippen molar-refractivity contribution in [3.05, 3.63) is 32.0 Å². The third kappa shape index (κ3) is 4.10. The van der Waals surface area contributed by atoms with E-state index in [0.717, 1.165) is 53.9 Å². The number of hydrogen-bond donors (Lipinski definition) is 3. The fourth-order valence-corrected chi connectivity index (χ4v) is 6.76. The first-order valence-electron chi connectivity index (χ1n) is 11.3. The van der Waals surface area contributed by atoms with Crippen LogP contribution >= 0.6 is 22.7 Å². The van der Waals surface area contributed by atoms with Crippen LogP contribution in [0, 0.1) is 11.3 Å². The number of pyridine rings is 1. The molecule has 0 radical (unpaired) electrons. The van der Waals surface area contributed by atoms with E-state index in [4.69, 9.17) is 16.2 Å². The smallest absolute Gasteiger partial charge is 0.341 e. The van der Waals surface area contributed by atoms with E-state index in [9.17, 15) is 14.9 Å². The maximum absolute atomic E-state index is 13.4. The minimum absolute atomic E-state index is 0.0429. The molecule has 0 bridgehead atoms. The zero-order valence-electron chi connectivity index (χ0n) is 19.4. The minimum atomic E-state index is -0.422. The van der Waals surface area contributed by atoms with Crippen molar-refractivity contribution in [2.75, 3.05) is 23.4 Å². The Morgan fingerprint density at radius 3 is 2.62 bits per heavy atom. The maximum atomic E-state index is 13.4. The SMILES string of the molecule is CCOC(=O)c1c(NC(=O)c2sc3nc(N)c(C#N)c(C(C)C)c3c2N)sc2c1CCCCC2. The van der Waals surface area contributed by atoms with Crippen LogP contribution in [0.1, 0.15) is 87.5 Å². The average Bonchev–Trinajstić information content (AvgIpc) is 3.19. The van der Waals surface area contributed by atoms with Gasteiger partial charge in [0.15, 0.2) is 0 Å². The number of nitrogens with two attached hydrogens (primary N) is 2. The molecule has 3 aromatic rings. The van der Waals surface area contributed by atoms with Crippen molar-refractivity contribution in [2.24, 2.45) is 0 Å². The molecule has 5 N–H and O–H groups in total. The fraction of sp³-hybridized carbons (Fsp3) is 0.417. The van der Waals surface area contributed by atoms with Crippen LogP contribution in [0.25, 0.3) is 10.2 Å². The molecule has 1 aliphatic carbocycles. The number of ether oxygens (including phenoxy) is 1. The lowest BCUT2D eigenvalue weighted by molar-refractivity contribution is 0.0527. The standard InChI is InChI=1S/C24H27N5O3S2/c1-4-32-24(31)16-12-8-6-5-7-9-14(12)33-22(16)29-21(30)19-18(26)17-15(11(2)3)13(10-25)20(27)28-23(17)34-19/h11H,4-9,26H2,1-3H3,(H2,27,28)(H,29,30). The molecular formula is C24H27N5O3S2. The van der Waals surface area contributed by atoms with Gasteiger partial charge in [-0.15, -0.1) is 22.7 Å². The van der Waals surface area contributed by atoms with Gasteiger partial charge in [0.25, 0.3) is 5.91 Å². The second-order valence-electron chi connectivity index (χ2n) is 8.52. The predicted molar refractivity (Wildman–Crippen MR) is 137 cm³/mol. The molecule has 8 nitrogen and oxygen atoms in total. The summed E-state index contributed by atoms with van der Waals surface area (Å²) in [4.78, 5) is 32.5. The summed E-state index contributed by atoms with van der Waals surface area (Å²) in [7, 11) is 0. The summed E-state index contributed by atoms with van der Waals surface area (Å²) in [5.74, 6) is -0.761. The molecule has 3 heterocycles. The van der Waals surface area contributed by atoms with Crippen molar-refractivity contribution in [3.8, 4) is 6.07 Å². The van der Waals surface area contributed by atoms with Crippen LogP contribution in [0.5, 0.6) is 0 Å². The summed E-state index contributed by atoms with van der Waals surface area (Å²) < 4.78 is 5.31. The molecule has 0 saturated carbocycles. The monoisotopic (exact) mass is 497 g/mol. The van der Waals surface area contributed by atoms with E-state index in [2.05, 4.69) is 16.4 Å². The number of thiophene rings is 2. The molecule has 0 fully saturated rings. The molecule has 0 unspecified atom stereocenters. The number of carbonyl (C=O) groups excluding carboxylic acids is 2. The van der Waals surface area contributed by atoms with Crippen LogP contribution in [0.15, 0.2) is 0 Å². The highest BCUT2D eigenvalue weighted by atomic mass is 32.1. The number of esters is 1. The molecule has 1 amide bonds. The molecule has 178 valence electrons. The van der Waals surface area contributed by atoms with Gasteiger partial charge in [-0.05, 0) is 49.7 Å². The lowest BCUT2D eigenvalue weighted by Gasteiger charge is -2.12. The molecular weight excluding hydrogens is 470 g/mol. The van der Waals surface area contributed by atoms with E-state index >= 15 is 0 Å². The Bertz CT molecular complexity index is 1330. The first-order valence-corrected chi connectivity index (χ1v) is 13.0. The Labute approximate surface area is 205 Å². The molecule has 0 saturated heterocycles. The Kier molecular flexibility index (Phi) is 6.77. The maximum Gasteiger partial charge on any atom is 0.341 e. The van der Waals surface area contributed by atoms with Gasteiger partial charge < -0.3 is 21.5 Å². The Balaban J connectivity index is 1.79. The van der Waals surface area contributed by atoms with Gasteiger partial charge in [0.2, 0.25) is 0 Å². The van der Waals surface area contributed by atoms with E-state index in [1.54, 1.807) is 6.92 Å². The van der Waals surface area contributed by atoms with Gasteiger partial charge in [-0.1, -0.05) is 20.3 Å². The van der Waals surface area contributed by atoms with E-state index in [1.807, 2.05) is 13.8 Å². The summed E-state index contributed by atoms with van der Waals surface area (Å²) in [6.45, 7) is 5.90. The molecule has 0 atom stereocenters. The van der Waals surface area contributed by atoms with Crippen LogP contribution in [0.2, 0.25) is 0 Å². The van der Waals surface area contributed by atoms with E-state index in [0.29, 0.717) is 26.3 Å². The van der Waals surface area contributed by atoms with Crippen molar-refractivity contribution < 1.29 is 14.3 Å². The van der Waals surface area contributed by atoms with E-state index in [1.165, 1.54) is 11.3 Å². The van der Waals surface area contributed by atoms with Crippen molar-refractivity contribution in [3.63, 3.8) is 0 Å². The van der Waals surface area contributed by atoms with Gasteiger partial charge in [-0.25, -0.2) is 9.78 Å². The fourth-order valence-electron chi connectivity index (χ4n) is 4.47. The number of hydrogen-bond acceptors (Lipinski definition) is 9. The summed E-state index contributed by atoms with van der Waals surface area (Å²) >= 11 is 2.56. The van der Waals surface area contributed by atoms with Crippen molar-refractivity contribution in [1.82, 2.24) is 4.98 Å². The zero-order valence-corrected chi connectivity index (χ0v) is 21.0. The number of nitrogen functional groups attached to an aromatic ring is 2. The molecule has 10 heteroatoms. The van der Waals surface area contributed by atoms with Crippen molar-refractivity contribution >= 4 is 61.3 Å². The van der Waals surface area contributed by atoms with Gasteiger partial charge in [-0.3, -0.25) is 4.79 Å². The number of fused-ring (bicyclic) bond motifs is 2. The number of rotatable bonds is 5. The number of carbonyl (C=O) groups is 2. The first-order chi connectivity index (χ1) is 16.3. The van der Waals surface area contributed by atoms with E-state index < -0.39 is 11.9 Å². The summed E-state index contributed by atoms with van der Waals surface area (Å²) in [5.41, 5.74) is 15.1. The number of nitriles is 1. The largest absolute Gasteiger partial charge is 0.462 e. The summed E-state index contributed by atoms with van der Waals surface area (Å²) in [6, 6.07) is 2.12. The minimum Gasteiger partial charge on any atom is -0.462 e. The average molecular weight is 498 g/mol. The Hall–Kier alpha value is -3.16. The topological polar surface area (TPSA) is 144 Å². The molecule has 34 heavy (non-hydrogen) atoms. The Morgan fingerprint density at radius 2 is 1.94 bits per heavy atom.